The monoisotopic (exact) mass is 282 g/mol. The van der Waals surface area contributed by atoms with Gasteiger partial charge in [-0.1, -0.05) is 12.1 Å². The summed E-state index contributed by atoms with van der Waals surface area (Å²) in [6.07, 6.45) is 2.39. The number of hydrogen-bond acceptors (Lipinski definition) is 4. The SMILES string of the molecule is N=C(N)c1ccc(S(=O)(=O)CCOCC2CC2)cc1. The number of rotatable bonds is 7. The van der Waals surface area contributed by atoms with Gasteiger partial charge in [0.05, 0.1) is 17.3 Å². The van der Waals surface area contributed by atoms with Crippen LogP contribution in [0.15, 0.2) is 29.2 Å². The summed E-state index contributed by atoms with van der Waals surface area (Å²) in [5, 5.41) is 7.25. The second kappa shape index (κ2) is 5.71. The van der Waals surface area contributed by atoms with E-state index in [2.05, 4.69) is 0 Å². The van der Waals surface area contributed by atoms with E-state index in [1.54, 1.807) is 12.1 Å². The van der Waals surface area contributed by atoms with Crippen LogP contribution in [0, 0.1) is 11.3 Å². The maximum absolute atomic E-state index is 12.0. The zero-order valence-electron chi connectivity index (χ0n) is 10.6. The van der Waals surface area contributed by atoms with E-state index < -0.39 is 9.84 Å². The Morgan fingerprint density at radius 3 is 2.47 bits per heavy atom. The van der Waals surface area contributed by atoms with E-state index in [1.807, 2.05) is 0 Å². The van der Waals surface area contributed by atoms with Gasteiger partial charge in [-0.25, -0.2) is 8.42 Å². The molecule has 0 radical (unpaired) electrons. The number of ether oxygens (including phenoxy) is 1. The highest BCUT2D eigenvalue weighted by molar-refractivity contribution is 7.91. The van der Waals surface area contributed by atoms with Gasteiger partial charge in [-0.15, -0.1) is 0 Å². The van der Waals surface area contributed by atoms with E-state index in [1.165, 1.54) is 25.0 Å². The summed E-state index contributed by atoms with van der Waals surface area (Å²) in [5.41, 5.74) is 5.84. The average molecular weight is 282 g/mol. The molecular formula is C13H18N2O3S. The zero-order valence-corrected chi connectivity index (χ0v) is 11.4. The van der Waals surface area contributed by atoms with Gasteiger partial charge in [0.1, 0.15) is 5.84 Å². The van der Waals surface area contributed by atoms with Gasteiger partial charge in [-0.05, 0) is 30.9 Å². The van der Waals surface area contributed by atoms with Crippen LogP contribution >= 0.6 is 0 Å². The average Bonchev–Trinajstić information content (AvgIpc) is 3.19. The summed E-state index contributed by atoms with van der Waals surface area (Å²) in [5.74, 6) is 0.549. The minimum Gasteiger partial charge on any atom is -0.384 e. The van der Waals surface area contributed by atoms with Crippen molar-refractivity contribution in [2.45, 2.75) is 17.7 Å². The Kier molecular flexibility index (Phi) is 4.21. The standard InChI is InChI=1S/C13H18N2O3S/c14-13(15)11-3-5-12(6-4-11)19(16,17)8-7-18-9-10-1-2-10/h3-6,10H,1-2,7-9H2,(H3,14,15). The van der Waals surface area contributed by atoms with Crippen molar-refractivity contribution < 1.29 is 13.2 Å². The van der Waals surface area contributed by atoms with Crippen LogP contribution in [-0.4, -0.2) is 33.2 Å². The molecule has 1 fully saturated rings. The van der Waals surface area contributed by atoms with Gasteiger partial charge in [0, 0.05) is 12.2 Å². The lowest BCUT2D eigenvalue weighted by atomic mass is 10.2. The van der Waals surface area contributed by atoms with Gasteiger partial charge in [0.2, 0.25) is 0 Å². The fourth-order valence-electron chi connectivity index (χ4n) is 1.66. The first-order chi connectivity index (χ1) is 8.99. The topological polar surface area (TPSA) is 93.2 Å². The third kappa shape index (κ3) is 4.04. The molecule has 0 aromatic heterocycles. The Morgan fingerprint density at radius 1 is 1.32 bits per heavy atom. The van der Waals surface area contributed by atoms with Crippen LogP contribution in [0.4, 0.5) is 0 Å². The quantitative estimate of drug-likeness (QED) is 0.446. The molecule has 3 N–H and O–H groups in total. The number of nitrogens with two attached hydrogens (primary N) is 1. The second-order valence-electron chi connectivity index (χ2n) is 4.78. The number of nitrogen functional groups attached to an aromatic ring is 1. The maximum Gasteiger partial charge on any atom is 0.180 e. The second-order valence-corrected chi connectivity index (χ2v) is 6.88. The normalized spacial score (nSPS) is 15.4. The molecule has 0 saturated heterocycles. The molecule has 1 saturated carbocycles. The molecule has 1 aliphatic rings. The zero-order chi connectivity index (χ0) is 13.9. The molecule has 6 heteroatoms. The fourth-order valence-corrected chi connectivity index (χ4v) is 2.79. The van der Waals surface area contributed by atoms with Gasteiger partial charge in [-0.2, -0.15) is 0 Å². The minimum atomic E-state index is -3.32. The summed E-state index contributed by atoms with van der Waals surface area (Å²) in [6, 6.07) is 6.04. The van der Waals surface area contributed by atoms with E-state index in [9.17, 15) is 8.42 Å². The number of benzene rings is 1. The molecule has 0 atom stereocenters. The van der Waals surface area contributed by atoms with Crippen molar-refractivity contribution in [3.63, 3.8) is 0 Å². The number of sulfone groups is 1. The number of amidine groups is 1. The summed E-state index contributed by atoms with van der Waals surface area (Å²) >= 11 is 0. The smallest absolute Gasteiger partial charge is 0.180 e. The van der Waals surface area contributed by atoms with Gasteiger partial charge < -0.3 is 10.5 Å². The summed E-state index contributed by atoms with van der Waals surface area (Å²) < 4.78 is 29.4. The third-order valence-corrected chi connectivity index (χ3v) is 4.77. The predicted octanol–water partition coefficient (Wildman–Crippen LogP) is 1.17. The number of nitrogens with one attached hydrogen (secondary N) is 1. The lowest BCUT2D eigenvalue weighted by Gasteiger charge is -2.06. The Morgan fingerprint density at radius 2 is 1.95 bits per heavy atom. The van der Waals surface area contributed by atoms with E-state index in [0.29, 0.717) is 18.1 Å². The first-order valence-corrected chi connectivity index (χ1v) is 7.89. The summed E-state index contributed by atoms with van der Waals surface area (Å²) in [6.45, 7) is 0.895. The van der Waals surface area contributed by atoms with Crippen LogP contribution in [0.1, 0.15) is 18.4 Å². The number of hydrogen-bond donors (Lipinski definition) is 2. The van der Waals surface area contributed by atoms with Crippen molar-refractivity contribution in [3.8, 4) is 0 Å². The first kappa shape index (κ1) is 14.0. The molecule has 1 aromatic rings. The Hall–Kier alpha value is -1.40. The van der Waals surface area contributed by atoms with Crippen molar-refractivity contribution in [1.82, 2.24) is 0 Å². The van der Waals surface area contributed by atoms with E-state index in [4.69, 9.17) is 15.9 Å². The molecule has 104 valence electrons. The lowest BCUT2D eigenvalue weighted by Crippen LogP contribution is -2.14. The summed E-state index contributed by atoms with van der Waals surface area (Å²) in [7, 11) is -3.32. The molecule has 0 aliphatic heterocycles. The van der Waals surface area contributed by atoms with E-state index >= 15 is 0 Å². The molecule has 1 aliphatic carbocycles. The van der Waals surface area contributed by atoms with Crippen molar-refractivity contribution in [1.29, 1.82) is 5.41 Å². The van der Waals surface area contributed by atoms with Crippen LogP contribution in [0.2, 0.25) is 0 Å². The molecule has 2 rings (SSSR count). The molecule has 0 spiro atoms. The van der Waals surface area contributed by atoms with Crippen molar-refractivity contribution in [3.05, 3.63) is 29.8 Å². The fraction of sp³-hybridized carbons (Fsp3) is 0.462. The van der Waals surface area contributed by atoms with Crippen molar-refractivity contribution >= 4 is 15.7 Å². The van der Waals surface area contributed by atoms with Gasteiger partial charge in [0.15, 0.2) is 9.84 Å². The molecule has 0 amide bonds. The Labute approximate surface area is 113 Å². The largest absolute Gasteiger partial charge is 0.384 e. The minimum absolute atomic E-state index is 0.0147. The van der Waals surface area contributed by atoms with Gasteiger partial charge >= 0.3 is 0 Å². The highest BCUT2D eigenvalue weighted by atomic mass is 32.2. The predicted molar refractivity (Wildman–Crippen MR) is 73.1 cm³/mol. The van der Waals surface area contributed by atoms with Crippen LogP contribution in [0.5, 0.6) is 0 Å². The Balaban J connectivity index is 1.91. The highest BCUT2D eigenvalue weighted by Gasteiger charge is 2.21. The van der Waals surface area contributed by atoms with Gasteiger partial charge in [0.25, 0.3) is 0 Å². The van der Waals surface area contributed by atoms with Crippen LogP contribution in [-0.2, 0) is 14.6 Å². The lowest BCUT2D eigenvalue weighted by molar-refractivity contribution is 0.138. The molecule has 1 aromatic carbocycles. The molecule has 19 heavy (non-hydrogen) atoms. The van der Waals surface area contributed by atoms with Crippen LogP contribution < -0.4 is 5.73 Å². The molecule has 5 nitrogen and oxygen atoms in total. The molecule has 0 heterocycles. The van der Waals surface area contributed by atoms with Crippen molar-refractivity contribution in [2.24, 2.45) is 11.7 Å². The molecule has 0 bridgehead atoms. The van der Waals surface area contributed by atoms with Crippen molar-refractivity contribution in [2.75, 3.05) is 19.0 Å². The molecular weight excluding hydrogens is 264 g/mol. The molecule has 0 unspecified atom stereocenters. The van der Waals surface area contributed by atoms with Crippen LogP contribution in [0.25, 0.3) is 0 Å². The van der Waals surface area contributed by atoms with E-state index in [-0.39, 0.29) is 23.1 Å². The Bertz CT molecular complexity index is 548. The van der Waals surface area contributed by atoms with Crippen LogP contribution in [0.3, 0.4) is 0 Å². The van der Waals surface area contributed by atoms with E-state index in [0.717, 1.165) is 0 Å². The maximum atomic E-state index is 12.0. The highest BCUT2D eigenvalue weighted by Crippen LogP contribution is 2.28. The first-order valence-electron chi connectivity index (χ1n) is 6.24. The van der Waals surface area contributed by atoms with Gasteiger partial charge in [-0.3, -0.25) is 5.41 Å². The third-order valence-electron chi connectivity index (χ3n) is 3.07. The summed E-state index contributed by atoms with van der Waals surface area (Å²) in [4.78, 5) is 0.243.